The molecule has 1 aliphatic heterocycles. The lowest BCUT2D eigenvalue weighted by Gasteiger charge is -2.38. The van der Waals surface area contributed by atoms with Crippen LogP contribution in [-0.2, 0) is 0 Å². The van der Waals surface area contributed by atoms with Crippen LogP contribution in [0.4, 0.5) is 4.39 Å². The number of benzene rings is 1. The summed E-state index contributed by atoms with van der Waals surface area (Å²) in [5.74, 6) is -0.00799. The van der Waals surface area contributed by atoms with E-state index in [9.17, 15) is 9.18 Å². The van der Waals surface area contributed by atoms with Crippen molar-refractivity contribution in [2.45, 2.75) is 25.8 Å². The Balaban J connectivity index is 1.65. The molecule has 5 heteroatoms. The third kappa shape index (κ3) is 3.06. The molecule has 0 aromatic heterocycles. The van der Waals surface area contributed by atoms with E-state index in [2.05, 4.69) is 11.8 Å². The molecule has 1 aliphatic carbocycles. The molecule has 0 bridgehead atoms. The molecule has 1 heterocycles. The van der Waals surface area contributed by atoms with Gasteiger partial charge in [0.25, 0.3) is 5.91 Å². The van der Waals surface area contributed by atoms with Crippen LogP contribution in [0.5, 0.6) is 0 Å². The van der Waals surface area contributed by atoms with Crippen LogP contribution in [0.3, 0.4) is 0 Å². The molecule has 0 N–H and O–H groups in total. The van der Waals surface area contributed by atoms with Gasteiger partial charge in [-0.25, -0.2) is 4.39 Å². The Kier molecular flexibility index (Phi) is 4.18. The molecule has 0 spiro atoms. The fourth-order valence-electron chi connectivity index (χ4n) is 3.07. The first kappa shape index (κ1) is 14.8. The number of nitrogens with zero attached hydrogens (tertiary/aromatic N) is 2. The molecule has 3 nitrogen and oxygen atoms in total. The van der Waals surface area contributed by atoms with Gasteiger partial charge in [0.1, 0.15) is 5.82 Å². The molecule has 114 valence electrons. The fraction of sp³-hybridized carbons (Fsp3) is 0.562. The third-order valence-electron chi connectivity index (χ3n) is 4.66. The van der Waals surface area contributed by atoms with Gasteiger partial charge in [0, 0.05) is 32.2 Å². The second kappa shape index (κ2) is 5.93. The number of halogens is 2. The van der Waals surface area contributed by atoms with Crippen molar-refractivity contribution in [3.05, 3.63) is 34.6 Å². The van der Waals surface area contributed by atoms with Crippen LogP contribution < -0.4 is 0 Å². The van der Waals surface area contributed by atoms with Gasteiger partial charge in [-0.2, -0.15) is 0 Å². The molecule has 1 saturated heterocycles. The first-order valence-electron chi connectivity index (χ1n) is 7.55. The zero-order valence-corrected chi connectivity index (χ0v) is 12.9. The number of hydrogen-bond acceptors (Lipinski definition) is 2. The summed E-state index contributed by atoms with van der Waals surface area (Å²) in [6.07, 6.45) is 2.65. The van der Waals surface area contributed by atoms with Crippen LogP contribution in [0.2, 0.25) is 5.02 Å². The summed E-state index contributed by atoms with van der Waals surface area (Å²) in [5.41, 5.74) is 0.00265. The summed E-state index contributed by atoms with van der Waals surface area (Å²) in [6, 6.07) is 4.96. The smallest absolute Gasteiger partial charge is 0.258 e. The van der Waals surface area contributed by atoms with Crippen molar-refractivity contribution in [2.24, 2.45) is 5.92 Å². The van der Waals surface area contributed by atoms with Gasteiger partial charge >= 0.3 is 0 Å². The quantitative estimate of drug-likeness (QED) is 0.857. The molecule has 1 unspecified atom stereocenters. The SMILES string of the molecule is CC(C1CC1)N1CCN(C(=O)c2c(F)cccc2Cl)CC1. The maximum absolute atomic E-state index is 13.8. The van der Waals surface area contributed by atoms with Gasteiger partial charge in [-0.05, 0) is 37.8 Å². The van der Waals surface area contributed by atoms with Crippen molar-refractivity contribution >= 4 is 17.5 Å². The van der Waals surface area contributed by atoms with Crippen LogP contribution in [0, 0.1) is 11.7 Å². The lowest BCUT2D eigenvalue weighted by atomic mass is 10.1. The number of carbonyl (C=O) groups excluding carboxylic acids is 1. The van der Waals surface area contributed by atoms with Gasteiger partial charge in [0.15, 0.2) is 0 Å². The lowest BCUT2D eigenvalue weighted by molar-refractivity contribution is 0.0560. The van der Waals surface area contributed by atoms with Crippen LogP contribution >= 0.6 is 11.6 Å². The number of carbonyl (C=O) groups is 1. The normalized spacial score (nSPS) is 21.4. The number of amides is 1. The van der Waals surface area contributed by atoms with Crippen molar-refractivity contribution in [3.63, 3.8) is 0 Å². The summed E-state index contributed by atoms with van der Waals surface area (Å²) in [6.45, 7) is 5.26. The summed E-state index contributed by atoms with van der Waals surface area (Å²) < 4.78 is 13.8. The molecular weight excluding hydrogens is 291 g/mol. The Morgan fingerprint density at radius 1 is 1.29 bits per heavy atom. The molecule has 21 heavy (non-hydrogen) atoms. The minimum atomic E-state index is -0.540. The van der Waals surface area contributed by atoms with Crippen LogP contribution in [-0.4, -0.2) is 47.9 Å². The van der Waals surface area contributed by atoms with Crippen LogP contribution in [0.15, 0.2) is 18.2 Å². The Morgan fingerprint density at radius 3 is 2.52 bits per heavy atom. The summed E-state index contributed by atoms with van der Waals surface area (Å²) in [4.78, 5) is 16.6. The molecule has 1 saturated carbocycles. The van der Waals surface area contributed by atoms with E-state index in [4.69, 9.17) is 11.6 Å². The van der Waals surface area contributed by atoms with Crippen LogP contribution in [0.1, 0.15) is 30.1 Å². The predicted octanol–water partition coefficient (Wildman–Crippen LogP) is 3.04. The number of piperazine rings is 1. The Bertz CT molecular complexity index is 519. The Morgan fingerprint density at radius 2 is 1.95 bits per heavy atom. The maximum Gasteiger partial charge on any atom is 0.258 e. The van der Waals surface area contributed by atoms with E-state index >= 15 is 0 Å². The molecule has 3 rings (SSSR count). The van der Waals surface area contributed by atoms with Gasteiger partial charge in [-0.15, -0.1) is 0 Å². The Labute approximate surface area is 129 Å². The highest BCUT2D eigenvalue weighted by molar-refractivity contribution is 6.33. The van der Waals surface area contributed by atoms with Crippen molar-refractivity contribution in [1.82, 2.24) is 9.80 Å². The average molecular weight is 311 g/mol. The average Bonchev–Trinajstić information content (AvgIpc) is 3.31. The number of hydrogen-bond donors (Lipinski definition) is 0. The van der Waals surface area contributed by atoms with Gasteiger partial charge in [-0.1, -0.05) is 17.7 Å². The molecule has 2 fully saturated rings. The highest BCUT2D eigenvalue weighted by Gasteiger charge is 2.34. The summed E-state index contributed by atoms with van der Waals surface area (Å²) in [7, 11) is 0. The lowest BCUT2D eigenvalue weighted by Crippen LogP contribution is -2.52. The fourth-order valence-corrected chi connectivity index (χ4v) is 3.31. The van der Waals surface area contributed by atoms with Gasteiger partial charge in [0.2, 0.25) is 0 Å². The standard InChI is InChI=1S/C16H20ClFN2O/c1-11(12-5-6-12)19-7-9-20(10-8-19)16(21)15-13(17)3-2-4-14(15)18/h2-4,11-12H,5-10H2,1H3. The van der Waals surface area contributed by atoms with Crippen molar-refractivity contribution in [2.75, 3.05) is 26.2 Å². The van der Waals surface area contributed by atoms with Gasteiger partial charge in [0.05, 0.1) is 10.6 Å². The largest absolute Gasteiger partial charge is 0.336 e. The van der Waals surface area contributed by atoms with E-state index in [0.29, 0.717) is 19.1 Å². The molecule has 1 aromatic carbocycles. The molecule has 1 atom stereocenters. The topological polar surface area (TPSA) is 23.6 Å². The van der Waals surface area contributed by atoms with Crippen molar-refractivity contribution < 1.29 is 9.18 Å². The predicted molar refractivity (Wildman–Crippen MR) is 81.1 cm³/mol. The second-order valence-corrected chi connectivity index (χ2v) is 6.41. The molecule has 1 aromatic rings. The zero-order chi connectivity index (χ0) is 15.0. The minimum Gasteiger partial charge on any atom is -0.336 e. The van der Waals surface area contributed by atoms with Crippen molar-refractivity contribution in [1.29, 1.82) is 0 Å². The minimum absolute atomic E-state index is 0.00265. The molecule has 2 aliphatic rings. The maximum atomic E-state index is 13.8. The molecular formula is C16H20ClFN2O. The van der Waals surface area contributed by atoms with Crippen molar-refractivity contribution in [3.8, 4) is 0 Å². The third-order valence-corrected chi connectivity index (χ3v) is 4.97. The molecule has 0 radical (unpaired) electrons. The van der Waals surface area contributed by atoms with E-state index in [-0.39, 0.29) is 16.5 Å². The van der Waals surface area contributed by atoms with E-state index in [0.717, 1.165) is 19.0 Å². The summed E-state index contributed by atoms with van der Waals surface area (Å²) in [5, 5.41) is 0.189. The first-order valence-corrected chi connectivity index (χ1v) is 7.93. The highest BCUT2D eigenvalue weighted by atomic mass is 35.5. The van der Waals surface area contributed by atoms with E-state index in [1.165, 1.54) is 25.0 Å². The second-order valence-electron chi connectivity index (χ2n) is 6.00. The highest BCUT2D eigenvalue weighted by Crippen LogP contribution is 2.35. The Hall–Kier alpha value is -1.13. The van der Waals surface area contributed by atoms with Gasteiger partial charge in [-0.3, -0.25) is 9.69 Å². The van der Waals surface area contributed by atoms with E-state index < -0.39 is 5.82 Å². The first-order chi connectivity index (χ1) is 10.1. The van der Waals surface area contributed by atoms with E-state index in [1.807, 2.05) is 0 Å². The monoisotopic (exact) mass is 310 g/mol. The van der Waals surface area contributed by atoms with Crippen LogP contribution in [0.25, 0.3) is 0 Å². The zero-order valence-electron chi connectivity index (χ0n) is 12.2. The van der Waals surface area contributed by atoms with E-state index in [1.54, 1.807) is 11.0 Å². The number of rotatable bonds is 3. The molecule has 1 amide bonds. The van der Waals surface area contributed by atoms with Gasteiger partial charge < -0.3 is 4.90 Å². The summed E-state index contributed by atoms with van der Waals surface area (Å²) >= 11 is 5.97.